The lowest BCUT2D eigenvalue weighted by Crippen LogP contribution is -2.51. The smallest absolute Gasteiger partial charge is 0.0192 e. The summed E-state index contributed by atoms with van der Waals surface area (Å²) in [5, 5.41) is 0. The maximum absolute atomic E-state index is 6.26. The van der Waals surface area contributed by atoms with Crippen LogP contribution in [-0.4, -0.2) is 5.54 Å². The molecule has 0 aliphatic heterocycles. The number of benzene rings is 1. The fraction of sp³-hybridized carbons (Fsp3) is 0.538. The second-order valence-corrected chi connectivity index (χ2v) is 4.77. The zero-order valence-electron chi connectivity index (χ0n) is 9.67. The molecule has 0 bridgehead atoms. The Morgan fingerprint density at radius 3 is 1.93 bits per heavy atom. The first kappa shape index (κ1) is 11.3. The van der Waals surface area contributed by atoms with Gasteiger partial charge in [0.15, 0.2) is 0 Å². The fourth-order valence-electron chi connectivity index (χ4n) is 1.84. The van der Waals surface area contributed by atoms with Gasteiger partial charge in [-0.3, -0.25) is 0 Å². The standard InChI is InChI=1S/C13H21N/c1-5-13(4,12(2,3)14)11-9-7-6-8-10-11/h6-10H,5,14H2,1-4H3. The summed E-state index contributed by atoms with van der Waals surface area (Å²) in [6.07, 6.45) is 1.06. The highest BCUT2D eigenvalue weighted by atomic mass is 14.8. The number of hydrogen-bond donors (Lipinski definition) is 1. The normalized spacial score (nSPS) is 16.4. The Morgan fingerprint density at radius 1 is 1.07 bits per heavy atom. The summed E-state index contributed by atoms with van der Waals surface area (Å²) in [5.41, 5.74) is 7.44. The van der Waals surface area contributed by atoms with Gasteiger partial charge < -0.3 is 5.73 Å². The van der Waals surface area contributed by atoms with Crippen LogP contribution in [0.2, 0.25) is 0 Å². The van der Waals surface area contributed by atoms with Crippen LogP contribution in [0.4, 0.5) is 0 Å². The van der Waals surface area contributed by atoms with Gasteiger partial charge in [-0.1, -0.05) is 44.2 Å². The summed E-state index contributed by atoms with van der Waals surface area (Å²) in [4.78, 5) is 0. The van der Waals surface area contributed by atoms with Gasteiger partial charge in [-0.05, 0) is 25.8 Å². The van der Waals surface area contributed by atoms with Crippen LogP contribution < -0.4 is 5.73 Å². The van der Waals surface area contributed by atoms with Gasteiger partial charge >= 0.3 is 0 Å². The molecule has 1 rings (SSSR count). The van der Waals surface area contributed by atoms with Crippen molar-refractivity contribution >= 4 is 0 Å². The van der Waals surface area contributed by atoms with E-state index in [4.69, 9.17) is 5.73 Å². The third-order valence-electron chi connectivity index (χ3n) is 3.54. The molecule has 0 amide bonds. The molecule has 2 N–H and O–H groups in total. The third-order valence-corrected chi connectivity index (χ3v) is 3.54. The Bertz CT molecular complexity index is 284. The lowest BCUT2D eigenvalue weighted by atomic mass is 9.67. The van der Waals surface area contributed by atoms with Gasteiger partial charge in [0.2, 0.25) is 0 Å². The molecule has 1 unspecified atom stereocenters. The molecule has 0 saturated carbocycles. The Morgan fingerprint density at radius 2 is 1.57 bits per heavy atom. The topological polar surface area (TPSA) is 26.0 Å². The Labute approximate surface area is 87.3 Å². The number of rotatable bonds is 3. The maximum atomic E-state index is 6.26. The molecule has 0 aliphatic rings. The van der Waals surface area contributed by atoms with Crippen molar-refractivity contribution in [1.82, 2.24) is 0 Å². The maximum Gasteiger partial charge on any atom is 0.0192 e. The second kappa shape index (κ2) is 3.74. The van der Waals surface area contributed by atoms with E-state index in [1.807, 2.05) is 6.07 Å². The Kier molecular flexibility index (Phi) is 3.01. The van der Waals surface area contributed by atoms with E-state index in [0.29, 0.717) is 0 Å². The van der Waals surface area contributed by atoms with Crippen LogP contribution in [0, 0.1) is 0 Å². The monoisotopic (exact) mass is 191 g/mol. The first-order chi connectivity index (χ1) is 6.42. The molecule has 0 fully saturated rings. The minimum atomic E-state index is -0.191. The van der Waals surface area contributed by atoms with Crippen molar-refractivity contribution in [2.45, 2.75) is 45.1 Å². The third kappa shape index (κ3) is 1.83. The molecular formula is C13H21N. The largest absolute Gasteiger partial charge is 0.325 e. The van der Waals surface area contributed by atoms with Crippen LogP contribution in [0.1, 0.15) is 39.7 Å². The van der Waals surface area contributed by atoms with Crippen LogP contribution in [0.3, 0.4) is 0 Å². The molecule has 14 heavy (non-hydrogen) atoms. The van der Waals surface area contributed by atoms with Gasteiger partial charge in [0.05, 0.1) is 0 Å². The van der Waals surface area contributed by atoms with E-state index in [0.717, 1.165) is 6.42 Å². The van der Waals surface area contributed by atoms with Gasteiger partial charge in [0.1, 0.15) is 0 Å². The SMILES string of the molecule is CCC(C)(c1ccccc1)C(C)(C)N. The Hall–Kier alpha value is -0.820. The molecule has 1 heteroatoms. The molecule has 0 aliphatic carbocycles. The molecule has 0 spiro atoms. The second-order valence-electron chi connectivity index (χ2n) is 4.77. The predicted molar refractivity (Wildman–Crippen MR) is 62.4 cm³/mol. The summed E-state index contributed by atoms with van der Waals surface area (Å²) >= 11 is 0. The molecule has 1 atom stereocenters. The van der Waals surface area contributed by atoms with Crippen molar-refractivity contribution in [1.29, 1.82) is 0 Å². The van der Waals surface area contributed by atoms with Gasteiger partial charge in [-0.15, -0.1) is 0 Å². The number of nitrogens with two attached hydrogens (primary N) is 1. The Balaban J connectivity index is 3.15. The van der Waals surface area contributed by atoms with Gasteiger partial charge in [-0.25, -0.2) is 0 Å². The van der Waals surface area contributed by atoms with E-state index in [1.165, 1.54) is 5.56 Å². The van der Waals surface area contributed by atoms with Crippen LogP contribution in [0.5, 0.6) is 0 Å². The van der Waals surface area contributed by atoms with Crippen molar-refractivity contribution in [3.8, 4) is 0 Å². The first-order valence-corrected chi connectivity index (χ1v) is 5.26. The molecule has 78 valence electrons. The summed E-state index contributed by atoms with van der Waals surface area (Å²) < 4.78 is 0. The van der Waals surface area contributed by atoms with Gasteiger partial charge in [0, 0.05) is 11.0 Å². The quantitative estimate of drug-likeness (QED) is 0.780. The summed E-state index contributed by atoms with van der Waals surface area (Å²) in [5.74, 6) is 0. The van der Waals surface area contributed by atoms with E-state index in [1.54, 1.807) is 0 Å². The highest BCUT2D eigenvalue weighted by Crippen LogP contribution is 2.36. The zero-order valence-corrected chi connectivity index (χ0v) is 9.67. The average molecular weight is 191 g/mol. The molecule has 1 nitrogen and oxygen atoms in total. The van der Waals surface area contributed by atoms with Gasteiger partial charge in [0.25, 0.3) is 0 Å². The lowest BCUT2D eigenvalue weighted by Gasteiger charge is -2.41. The van der Waals surface area contributed by atoms with Crippen molar-refractivity contribution in [3.63, 3.8) is 0 Å². The predicted octanol–water partition coefficient (Wildman–Crippen LogP) is 3.09. The first-order valence-electron chi connectivity index (χ1n) is 5.26. The van der Waals surface area contributed by atoms with E-state index >= 15 is 0 Å². The van der Waals surface area contributed by atoms with Crippen LogP contribution in [0.25, 0.3) is 0 Å². The average Bonchev–Trinajstić information content (AvgIpc) is 2.16. The minimum absolute atomic E-state index is 0.0499. The molecule has 0 aromatic heterocycles. The summed E-state index contributed by atoms with van der Waals surface area (Å²) in [6, 6.07) is 10.5. The van der Waals surface area contributed by atoms with Crippen molar-refractivity contribution in [2.75, 3.05) is 0 Å². The van der Waals surface area contributed by atoms with Crippen LogP contribution >= 0.6 is 0 Å². The molecular weight excluding hydrogens is 170 g/mol. The molecule has 1 aromatic rings. The highest BCUT2D eigenvalue weighted by Gasteiger charge is 2.37. The van der Waals surface area contributed by atoms with Crippen molar-refractivity contribution < 1.29 is 0 Å². The van der Waals surface area contributed by atoms with Crippen molar-refractivity contribution in [3.05, 3.63) is 35.9 Å². The van der Waals surface area contributed by atoms with Crippen LogP contribution in [-0.2, 0) is 5.41 Å². The van der Waals surface area contributed by atoms with Crippen LogP contribution in [0.15, 0.2) is 30.3 Å². The summed E-state index contributed by atoms with van der Waals surface area (Å²) in [6.45, 7) is 8.64. The van der Waals surface area contributed by atoms with E-state index in [-0.39, 0.29) is 11.0 Å². The highest BCUT2D eigenvalue weighted by molar-refractivity contribution is 5.28. The van der Waals surface area contributed by atoms with E-state index in [2.05, 4.69) is 52.0 Å². The molecule has 0 radical (unpaired) electrons. The van der Waals surface area contributed by atoms with Crippen molar-refractivity contribution in [2.24, 2.45) is 5.73 Å². The molecule has 0 saturated heterocycles. The molecule has 1 aromatic carbocycles. The zero-order chi connectivity index (χ0) is 10.8. The fourth-order valence-corrected chi connectivity index (χ4v) is 1.84. The minimum Gasteiger partial charge on any atom is -0.325 e. The number of hydrogen-bond acceptors (Lipinski definition) is 1. The molecule has 0 heterocycles. The van der Waals surface area contributed by atoms with Gasteiger partial charge in [-0.2, -0.15) is 0 Å². The van der Waals surface area contributed by atoms with E-state index < -0.39 is 0 Å². The van der Waals surface area contributed by atoms with E-state index in [9.17, 15) is 0 Å². The summed E-state index contributed by atoms with van der Waals surface area (Å²) in [7, 11) is 0. The lowest BCUT2D eigenvalue weighted by molar-refractivity contribution is 0.270.